The van der Waals surface area contributed by atoms with Gasteiger partial charge in [-0.2, -0.15) is 0 Å². The third kappa shape index (κ3) is 3.06. The first-order chi connectivity index (χ1) is 6.24. The number of rotatable bonds is 5. The summed E-state index contributed by atoms with van der Waals surface area (Å²) in [4.78, 5) is 26.3. The minimum absolute atomic E-state index is 0.000463. The van der Waals surface area contributed by atoms with Crippen molar-refractivity contribution in [2.24, 2.45) is 0 Å². The molecule has 0 radical (unpaired) electrons. The van der Waals surface area contributed by atoms with E-state index < -0.39 is 0 Å². The van der Waals surface area contributed by atoms with Gasteiger partial charge in [-0.1, -0.05) is 6.92 Å². The molecular weight excluding hydrogens is 186 g/mol. The van der Waals surface area contributed by atoms with Crippen molar-refractivity contribution in [2.75, 3.05) is 0 Å². The maximum Gasteiger partial charge on any atom is 0.189 e. The summed E-state index contributed by atoms with van der Waals surface area (Å²) in [5, 5.41) is 1.67. The van der Waals surface area contributed by atoms with Crippen LogP contribution in [-0.2, 0) is 4.79 Å². The molecule has 0 saturated heterocycles. The van der Waals surface area contributed by atoms with Gasteiger partial charge in [0.2, 0.25) is 0 Å². The van der Waals surface area contributed by atoms with Crippen molar-refractivity contribution in [3.05, 3.63) is 16.6 Å². The van der Waals surface area contributed by atoms with Crippen molar-refractivity contribution in [1.82, 2.24) is 4.98 Å². The minimum atomic E-state index is -0.167. The third-order valence-corrected chi connectivity index (χ3v) is 2.19. The summed E-state index contributed by atoms with van der Waals surface area (Å²) in [5.41, 5.74) is 2.01. The first-order valence-corrected chi connectivity index (χ1v) is 5.11. The van der Waals surface area contributed by atoms with E-state index in [2.05, 4.69) is 4.98 Å². The predicted octanol–water partition coefficient (Wildman–Crippen LogP) is 2.09. The number of thiazole rings is 1. The number of carbonyl (C=O) groups excluding carboxylic acids is 2. The van der Waals surface area contributed by atoms with E-state index in [1.165, 1.54) is 11.3 Å². The Morgan fingerprint density at radius 3 is 2.85 bits per heavy atom. The van der Waals surface area contributed by atoms with Crippen LogP contribution in [0.1, 0.15) is 36.7 Å². The average molecular weight is 197 g/mol. The second-order valence-corrected chi connectivity index (χ2v) is 3.48. The molecule has 0 amide bonds. The van der Waals surface area contributed by atoms with Gasteiger partial charge >= 0.3 is 0 Å². The molecule has 0 saturated carbocycles. The van der Waals surface area contributed by atoms with Gasteiger partial charge in [0.25, 0.3) is 0 Å². The molecule has 1 aromatic rings. The first-order valence-electron chi connectivity index (χ1n) is 4.17. The van der Waals surface area contributed by atoms with Crippen LogP contribution in [0.25, 0.3) is 0 Å². The summed E-state index contributed by atoms with van der Waals surface area (Å²) in [5.74, 6) is -0.166. The molecule has 0 aliphatic rings. The summed E-state index contributed by atoms with van der Waals surface area (Å²) >= 11 is 1.37. The van der Waals surface area contributed by atoms with E-state index >= 15 is 0 Å². The Balaban J connectivity index is 2.47. The highest BCUT2D eigenvalue weighted by atomic mass is 32.1. The quantitative estimate of drug-likeness (QED) is 0.536. The lowest BCUT2D eigenvalue weighted by molar-refractivity contribution is -0.118. The molecule has 0 aliphatic carbocycles. The molecular formula is C9H11NO2S. The number of hydrogen-bond acceptors (Lipinski definition) is 4. The van der Waals surface area contributed by atoms with Crippen LogP contribution in [0, 0.1) is 0 Å². The topological polar surface area (TPSA) is 47.0 Å². The van der Waals surface area contributed by atoms with Gasteiger partial charge in [0.15, 0.2) is 5.78 Å². The SMILES string of the molecule is CCCC(=O)CC(=O)c1cscn1. The number of aromatic nitrogens is 1. The summed E-state index contributed by atoms with van der Waals surface area (Å²) in [6, 6.07) is 0. The fourth-order valence-electron chi connectivity index (χ4n) is 0.987. The largest absolute Gasteiger partial charge is 0.299 e. The van der Waals surface area contributed by atoms with Crippen LogP contribution in [0.2, 0.25) is 0 Å². The molecule has 3 nitrogen and oxygen atoms in total. The van der Waals surface area contributed by atoms with Gasteiger partial charge in [-0.05, 0) is 6.42 Å². The number of Topliss-reactive ketones (excluding diaryl/α,β-unsaturated/α-hetero) is 2. The molecule has 0 fully saturated rings. The van der Waals surface area contributed by atoms with Gasteiger partial charge < -0.3 is 0 Å². The summed E-state index contributed by atoms with van der Waals surface area (Å²) in [6.45, 7) is 1.92. The lowest BCUT2D eigenvalue weighted by Crippen LogP contribution is -2.07. The minimum Gasteiger partial charge on any atom is -0.299 e. The zero-order chi connectivity index (χ0) is 9.68. The molecule has 13 heavy (non-hydrogen) atoms. The molecule has 1 heterocycles. The van der Waals surface area contributed by atoms with E-state index in [4.69, 9.17) is 0 Å². The maximum atomic E-state index is 11.3. The van der Waals surface area contributed by atoms with E-state index in [-0.39, 0.29) is 18.0 Å². The first kappa shape index (κ1) is 10.1. The van der Waals surface area contributed by atoms with E-state index in [0.29, 0.717) is 12.1 Å². The molecule has 1 aromatic heterocycles. The van der Waals surface area contributed by atoms with Crippen LogP contribution in [0.3, 0.4) is 0 Å². The van der Waals surface area contributed by atoms with Crippen molar-refractivity contribution >= 4 is 22.9 Å². The Kier molecular flexibility index (Phi) is 3.76. The molecule has 1 rings (SSSR count). The standard InChI is InChI=1S/C9H11NO2S/c1-2-3-7(11)4-9(12)8-5-13-6-10-8/h5-6H,2-4H2,1H3. The van der Waals surface area contributed by atoms with Crippen LogP contribution in [0.5, 0.6) is 0 Å². The van der Waals surface area contributed by atoms with Gasteiger partial charge in [0, 0.05) is 11.8 Å². The molecule has 0 atom stereocenters. The highest BCUT2D eigenvalue weighted by Gasteiger charge is 2.12. The molecule has 0 aromatic carbocycles. The zero-order valence-electron chi connectivity index (χ0n) is 7.45. The van der Waals surface area contributed by atoms with Crippen LogP contribution >= 0.6 is 11.3 Å². The van der Waals surface area contributed by atoms with Crippen LogP contribution in [0.15, 0.2) is 10.9 Å². The van der Waals surface area contributed by atoms with Crippen molar-refractivity contribution in [3.63, 3.8) is 0 Å². The van der Waals surface area contributed by atoms with Crippen LogP contribution in [0.4, 0.5) is 0 Å². The van der Waals surface area contributed by atoms with E-state index in [9.17, 15) is 9.59 Å². The van der Waals surface area contributed by atoms with Gasteiger partial charge in [-0.15, -0.1) is 11.3 Å². The third-order valence-electron chi connectivity index (χ3n) is 1.60. The smallest absolute Gasteiger partial charge is 0.189 e. The van der Waals surface area contributed by atoms with Crippen molar-refractivity contribution in [3.8, 4) is 0 Å². The van der Waals surface area contributed by atoms with Gasteiger partial charge in [-0.25, -0.2) is 4.98 Å². The Labute approximate surface area is 80.8 Å². The van der Waals surface area contributed by atoms with E-state index in [0.717, 1.165) is 6.42 Å². The van der Waals surface area contributed by atoms with Crippen LogP contribution in [-0.4, -0.2) is 16.6 Å². The summed E-state index contributed by atoms with van der Waals surface area (Å²) in [6.07, 6.45) is 1.27. The van der Waals surface area contributed by atoms with Crippen LogP contribution < -0.4 is 0 Å². The number of ketones is 2. The fraction of sp³-hybridized carbons (Fsp3) is 0.444. The second-order valence-electron chi connectivity index (χ2n) is 2.76. The van der Waals surface area contributed by atoms with E-state index in [1.54, 1.807) is 10.9 Å². The monoisotopic (exact) mass is 197 g/mol. The highest BCUT2D eigenvalue weighted by molar-refractivity contribution is 7.07. The summed E-state index contributed by atoms with van der Waals surface area (Å²) in [7, 11) is 0. The van der Waals surface area contributed by atoms with Crippen molar-refractivity contribution in [1.29, 1.82) is 0 Å². The molecule has 0 bridgehead atoms. The zero-order valence-corrected chi connectivity index (χ0v) is 8.26. The average Bonchev–Trinajstić information content (AvgIpc) is 2.55. The molecule has 0 unspecified atom stereocenters. The normalized spacial score (nSPS) is 9.92. The summed E-state index contributed by atoms with van der Waals surface area (Å²) < 4.78 is 0. The predicted molar refractivity (Wildman–Crippen MR) is 51.0 cm³/mol. The molecule has 0 spiro atoms. The van der Waals surface area contributed by atoms with Crippen molar-refractivity contribution in [2.45, 2.75) is 26.2 Å². The number of carbonyl (C=O) groups is 2. The maximum absolute atomic E-state index is 11.3. The fourth-order valence-corrected chi connectivity index (χ4v) is 1.54. The Bertz CT molecular complexity index is 293. The second kappa shape index (κ2) is 4.87. The molecule has 4 heteroatoms. The van der Waals surface area contributed by atoms with Gasteiger partial charge in [-0.3, -0.25) is 9.59 Å². The van der Waals surface area contributed by atoms with Crippen molar-refractivity contribution < 1.29 is 9.59 Å². The highest BCUT2D eigenvalue weighted by Crippen LogP contribution is 2.06. The molecule has 70 valence electrons. The Morgan fingerprint density at radius 2 is 2.31 bits per heavy atom. The molecule has 0 aliphatic heterocycles. The van der Waals surface area contributed by atoms with Gasteiger partial charge in [0.1, 0.15) is 11.5 Å². The number of nitrogens with zero attached hydrogens (tertiary/aromatic N) is 1. The van der Waals surface area contributed by atoms with E-state index in [1.807, 2.05) is 6.92 Å². The molecule has 0 N–H and O–H groups in total. The number of hydrogen-bond donors (Lipinski definition) is 0. The Morgan fingerprint density at radius 1 is 1.54 bits per heavy atom. The lowest BCUT2D eigenvalue weighted by Gasteiger charge is -1.95. The Hall–Kier alpha value is -1.03. The lowest BCUT2D eigenvalue weighted by atomic mass is 10.1. The van der Waals surface area contributed by atoms with Gasteiger partial charge in [0.05, 0.1) is 11.9 Å².